The Bertz CT molecular complexity index is 464. The Labute approximate surface area is 128 Å². The summed E-state index contributed by atoms with van der Waals surface area (Å²) in [5.41, 5.74) is 6.54. The maximum Gasteiger partial charge on any atom is 0.223 e. The summed E-state index contributed by atoms with van der Waals surface area (Å²) < 4.78 is 0. The summed E-state index contributed by atoms with van der Waals surface area (Å²) in [7, 11) is 0. The van der Waals surface area contributed by atoms with Gasteiger partial charge in [0.2, 0.25) is 11.8 Å². The molecule has 0 aromatic carbocycles. The Morgan fingerprint density at radius 3 is 2.95 bits per heavy atom. The molecule has 1 aromatic rings. The van der Waals surface area contributed by atoms with Gasteiger partial charge in [0.05, 0.1) is 0 Å². The van der Waals surface area contributed by atoms with E-state index in [1.807, 2.05) is 4.90 Å². The first-order valence-electron chi connectivity index (χ1n) is 6.50. The predicted octanol–water partition coefficient (Wildman–Crippen LogP) is 0.910. The van der Waals surface area contributed by atoms with Gasteiger partial charge in [0.25, 0.3) is 0 Å². The molecular weight excluding hydrogens is 298 g/mol. The zero-order valence-electron chi connectivity index (χ0n) is 11.3. The van der Waals surface area contributed by atoms with Crippen LogP contribution in [-0.2, 0) is 22.6 Å². The van der Waals surface area contributed by atoms with Gasteiger partial charge in [0.15, 0.2) is 0 Å². The predicted molar refractivity (Wildman–Crippen MR) is 82.0 cm³/mol. The van der Waals surface area contributed by atoms with E-state index in [1.54, 1.807) is 11.3 Å². The van der Waals surface area contributed by atoms with Crippen molar-refractivity contribution in [3.05, 3.63) is 21.9 Å². The van der Waals surface area contributed by atoms with Crippen molar-refractivity contribution in [1.29, 1.82) is 0 Å². The van der Waals surface area contributed by atoms with E-state index in [2.05, 4.69) is 16.8 Å². The van der Waals surface area contributed by atoms with Crippen LogP contribution in [0.4, 0.5) is 0 Å². The number of amides is 2. The molecule has 7 heteroatoms. The highest BCUT2D eigenvalue weighted by Crippen LogP contribution is 2.24. The molecule has 0 unspecified atom stereocenters. The molecule has 2 heterocycles. The maximum atomic E-state index is 12.0. The molecule has 1 aliphatic rings. The molecular formula is C13H20ClN3O2S. The molecule has 0 radical (unpaired) electrons. The maximum absolute atomic E-state index is 12.0. The fourth-order valence-electron chi connectivity index (χ4n) is 2.14. The Morgan fingerprint density at radius 1 is 1.40 bits per heavy atom. The lowest BCUT2D eigenvalue weighted by Gasteiger charge is -2.27. The van der Waals surface area contributed by atoms with E-state index in [0.717, 1.165) is 13.0 Å². The summed E-state index contributed by atoms with van der Waals surface area (Å²) in [5.74, 6) is -0.0493. The number of halogens is 1. The van der Waals surface area contributed by atoms with Gasteiger partial charge in [-0.3, -0.25) is 9.59 Å². The Kier molecular flexibility index (Phi) is 6.98. The SMILES string of the molecule is Cl.NCCNC(=O)CCC(=O)N1CCc2sccc2C1. The molecule has 3 N–H and O–H groups in total. The van der Waals surface area contributed by atoms with E-state index in [9.17, 15) is 9.59 Å². The number of carbonyl (C=O) groups excluding carboxylic acids is 2. The number of rotatable bonds is 5. The number of thiophene rings is 1. The normalized spacial score (nSPS) is 13.3. The fourth-order valence-corrected chi connectivity index (χ4v) is 3.03. The molecule has 0 spiro atoms. The van der Waals surface area contributed by atoms with Gasteiger partial charge < -0.3 is 16.0 Å². The number of hydrogen-bond donors (Lipinski definition) is 2. The first kappa shape index (κ1) is 16.9. The molecule has 20 heavy (non-hydrogen) atoms. The molecule has 1 aromatic heterocycles. The molecule has 0 atom stereocenters. The minimum atomic E-state index is -0.105. The smallest absolute Gasteiger partial charge is 0.223 e. The van der Waals surface area contributed by atoms with Crippen LogP contribution in [0, 0.1) is 0 Å². The summed E-state index contributed by atoms with van der Waals surface area (Å²) in [4.78, 5) is 26.7. The highest BCUT2D eigenvalue weighted by molar-refractivity contribution is 7.10. The van der Waals surface area contributed by atoms with Crippen LogP contribution in [-0.4, -0.2) is 36.3 Å². The van der Waals surface area contributed by atoms with E-state index in [-0.39, 0.29) is 37.1 Å². The van der Waals surface area contributed by atoms with E-state index < -0.39 is 0 Å². The highest BCUT2D eigenvalue weighted by Gasteiger charge is 2.21. The molecule has 5 nitrogen and oxygen atoms in total. The van der Waals surface area contributed by atoms with Crippen LogP contribution in [0.15, 0.2) is 11.4 Å². The number of carbonyl (C=O) groups is 2. The minimum absolute atomic E-state index is 0. The molecule has 2 rings (SSSR count). The zero-order chi connectivity index (χ0) is 13.7. The van der Waals surface area contributed by atoms with Crippen LogP contribution in [0.3, 0.4) is 0 Å². The molecule has 0 bridgehead atoms. The van der Waals surface area contributed by atoms with Crippen LogP contribution in [0.1, 0.15) is 23.3 Å². The summed E-state index contributed by atoms with van der Waals surface area (Å²) in [6.45, 7) is 2.33. The Hall–Kier alpha value is -1.11. The van der Waals surface area contributed by atoms with Crippen molar-refractivity contribution in [1.82, 2.24) is 10.2 Å². The fraction of sp³-hybridized carbons (Fsp3) is 0.538. The van der Waals surface area contributed by atoms with E-state index in [4.69, 9.17) is 5.73 Å². The van der Waals surface area contributed by atoms with Gasteiger partial charge in [-0.2, -0.15) is 0 Å². The van der Waals surface area contributed by atoms with Gasteiger partial charge in [0, 0.05) is 43.9 Å². The average Bonchev–Trinajstić information content (AvgIpc) is 2.89. The van der Waals surface area contributed by atoms with Crippen molar-refractivity contribution >= 4 is 35.6 Å². The van der Waals surface area contributed by atoms with Crippen LogP contribution in [0.5, 0.6) is 0 Å². The van der Waals surface area contributed by atoms with Crippen molar-refractivity contribution in [3.8, 4) is 0 Å². The van der Waals surface area contributed by atoms with E-state index >= 15 is 0 Å². The third-order valence-corrected chi connectivity index (χ3v) is 4.22. The first-order valence-corrected chi connectivity index (χ1v) is 7.38. The van der Waals surface area contributed by atoms with Crippen LogP contribution in [0.2, 0.25) is 0 Å². The van der Waals surface area contributed by atoms with Crippen LogP contribution < -0.4 is 11.1 Å². The van der Waals surface area contributed by atoms with Gasteiger partial charge in [0.1, 0.15) is 0 Å². The molecule has 0 aliphatic carbocycles. The number of nitrogens with zero attached hydrogens (tertiary/aromatic N) is 1. The molecule has 0 fully saturated rings. The standard InChI is InChI=1S/C13H19N3O2S.ClH/c14-5-6-15-12(17)1-2-13(18)16-7-3-11-10(9-16)4-8-19-11;/h4,8H,1-3,5-7,9,14H2,(H,15,17);1H. The lowest BCUT2D eigenvalue weighted by molar-refractivity contribution is -0.134. The molecule has 0 saturated carbocycles. The van der Waals surface area contributed by atoms with Crippen molar-refractivity contribution in [2.45, 2.75) is 25.8 Å². The van der Waals surface area contributed by atoms with Gasteiger partial charge in [-0.1, -0.05) is 0 Å². The molecule has 2 amide bonds. The van der Waals surface area contributed by atoms with E-state index in [0.29, 0.717) is 19.6 Å². The summed E-state index contributed by atoms with van der Waals surface area (Å²) in [6.07, 6.45) is 1.44. The molecule has 0 saturated heterocycles. The van der Waals surface area contributed by atoms with Gasteiger partial charge in [-0.05, 0) is 23.4 Å². The third kappa shape index (κ3) is 4.47. The Balaban J connectivity index is 0.00000200. The summed E-state index contributed by atoms with van der Waals surface area (Å²) in [5, 5.41) is 4.74. The lowest BCUT2D eigenvalue weighted by atomic mass is 10.1. The average molecular weight is 318 g/mol. The second-order valence-electron chi connectivity index (χ2n) is 4.57. The van der Waals surface area contributed by atoms with Gasteiger partial charge in [-0.25, -0.2) is 0 Å². The van der Waals surface area contributed by atoms with Gasteiger partial charge in [-0.15, -0.1) is 23.7 Å². The third-order valence-electron chi connectivity index (χ3n) is 3.19. The topological polar surface area (TPSA) is 75.4 Å². The minimum Gasteiger partial charge on any atom is -0.355 e. The summed E-state index contributed by atoms with van der Waals surface area (Å²) >= 11 is 1.75. The second-order valence-corrected chi connectivity index (χ2v) is 5.57. The van der Waals surface area contributed by atoms with Crippen LogP contribution in [0.25, 0.3) is 0 Å². The van der Waals surface area contributed by atoms with Crippen molar-refractivity contribution < 1.29 is 9.59 Å². The quantitative estimate of drug-likeness (QED) is 0.847. The monoisotopic (exact) mass is 317 g/mol. The Morgan fingerprint density at radius 2 is 2.20 bits per heavy atom. The lowest BCUT2D eigenvalue weighted by Crippen LogP contribution is -2.36. The van der Waals surface area contributed by atoms with Crippen molar-refractivity contribution in [2.75, 3.05) is 19.6 Å². The molecule has 112 valence electrons. The number of hydrogen-bond acceptors (Lipinski definition) is 4. The largest absolute Gasteiger partial charge is 0.355 e. The number of nitrogens with one attached hydrogen (secondary N) is 1. The molecule has 1 aliphatic heterocycles. The van der Waals surface area contributed by atoms with Gasteiger partial charge >= 0.3 is 0 Å². The van der Waals surface area contributed by atoms with Crippen molar-refractivity contribution in [3.63, 3.8) is 0 Å². The van der Waals surface area contributed by atoms with Crippen molar-refractivity contribution in [2.24, 2.45) is 5.73 Å². The summed E-state index contributed by atoms with van der Waals surface area (Å²) in [6, 6.07) is 2.08. The second kappa shape index (κ2) is 8.24. The zero-order valence-corrected chi connectivity index (χ0v) is 12.9. The first-order chi connectivity index (χ1) is 9.20. The number of nitrogens with two attached hydrogens (primary N) is 1. The number of fused-ring (bicyclic) bond motifs is 1. The van der Waals surface area contributed by atoms with Crippen LogP contribution >= 0.6 is 23.7 Å². The van der Waals surface area contributed by atoms with E-state index in [1.165, 1.54) is 10.4 Å². The highest BCUT2D eigenvalue weighted by atomic mass is 35.5.